The summed E-state index contributed by atoms with van der Waals surface area (Å²) in [5.41, 5.74) is 3.14. The molecule has 0 aromatic heterocycles. The Morgan fingerprint density at radius 3 is 2.48 bits per heavy atom. The van der Waals surface area contributed by atoms with Crippen LogP contribution in [0.1, 0.15) is 15.9 Å². The summed E-state index contributed by atoms with van der Waals surface area (Å²) in [5.74, 6) is 0.651. The van der Waals surface area contributed by atoms with Gasteiger partial charge in [0.05, 0.1) is 5.56 Å². The van der Waals surface area contributed by atoms with Crippen LogP contribution in [0.25, 0.3) is 0 Å². The van der Waals surface area contributed by atoms with Gasteiger partial charge in [0.1, 0.15) is 12.4 Å². The summed E-state index contributed by atoms with van der Waals surface area (Å²) in [7, 11) is 0. The van der Waals surface area contributed by atoms with E-state index in [-0.39, 0.29) is 5.91 Å². The number of nitrogens with zero attached hydrogens (tertiary/aromatic N) is 2. The van der Waals surface area contributed by atoms with Crippen molar-refractivity contribution in [2.24, 2.45) is 0 Å². The number of para-hydroxylation sites is 2. The fourth-order valence-corrected chi connectivity index (χ4v) is 3.16. The van der Waals surface area contributed by atoms with Gasteiger partial charge in [-0.15, -0.1) is 0 Å². The van der Waals surface area contributed by atoms with Gasteiger partial charge >= 0.3 is 0 Å². The molecule has 1 fully saturated rings. The van der Waals surface area contributed by atoms with Crippen LogP contribution in [0.4, 0.5) is 5.69 Å². The Balaban J connectivity index is 1.68. The molecule has 25 heavy (non-hydrogen) atoms. The molecule has 2 aromatic rings. The molecule has 0 N–H and O–H groups in total. The highest BCUT2D eigenvalue weighted by Gasteiger charge is 2.24. The first kappa shape index (κ1) is 17.1. The molecule has 0 atom stereocenters. The van der Waals surface area contributed by atoms with Gasteiger partial charge in [-0.3, -0.25) is 4.79 Å². The molecule has 1 amide bonds. The summed E-state index contributed by atoms with van der Waals surface area (Å²) < 4.78 is 5.63. The van der Waals surface area contributed by atoms with Gasteiger partial charge < -0.3 is 14.5 Å². The number of ether oxygens (including phenoxy) is 1. The van der Waals surface area contributed by atoms with Crippen LogP contribution < -0.4 is 9.64 Å². The molecule has 0 saturated carbocycles. The van der Waals surface area contributed by atoms with Crippen molar-refractivity contribution in [1.29, 1.82) is 0 Å². The molecule has 3 rings (SSSR count). The molecular formula is C21H24N2O2. The predicted molar refractivity (Wildman–Crippen MR) is 101 cm³/mol. The van der Waals surface area contributed by atoms with E-state index < -0.39 is 0 Å². The van der Waals surface area contributed by atoms with E-state index in [2.05, 4.69) is 42.7 Å². The maximum Gasteiger partial charge on any atom is 0.257 e. The SMILES string of the molecule is C=CCOc1ccccc1C(=O)N1CCN(c2ccccc2C)CC1. The fourth-order valence-electron chi connectivity index (χ4n) is 3.16. The number of benzene rings is 2. The van der Waals surface area contributed by atoms with Gasteiger partial charge in [0, 0.05) is 31.9 Å². The molecule has 0 bridgehead atoms. The summed E-state index contributed by atoms with van der Waals surface area (Å²) in [5, 5.41) is 0. The van der Waals surface area contributed by atoms with Gasteiger partial charge in [-0.1, -0.05) is 43.0 Å². The molecule has 4 heteroatoms. The Kier molecular flexibility index (Phi) is 5.39. The summed E-state index contributed by atoms with van der Waals surface area (Å²) in [6.45, 7) is 9.28. The lowest BCUT2D eigenvalue weighted by molar-refractivity contribution is 0.0743. The number of hydrogen-bond acceptors (Lipinski definition) is 3. The quantitative estimate of drug-likeness (QED) is 0.783. The standard InChI is InChI=1S/C21H24N2O2/c1-3-16-25-20-11-7-5-9-18(20)21(24)23-14-12-22(13-15-23)19-10-6-4-8-17(19)2/h3-11H,1,12-16H2,2H3. The lowest BCUT2D eigenvalue weighted by Gasteiger charge is -2.37. The zero-order chi connectivity index (χ0) is 17.6. The van der Waals surface area contributed by atoms with Crippen LogP contribution in [0.3, 0.4) is 0 Å². The smallest absolute Gasteiger partial charge is 0.257 e. The van der Waals surface area contributed by atoms with Gasteiger partial charge in [0.25, 0.3) is 5.91 Å². The Bertz CT molecular complexity index is 749. The summed E-state index contributed by atoms with van der Waals surface area (Å²) >= 11 is 0. The topological polar surface area (TPSA) is 32.8 Å². The molecule has 1 heterocycles. The average Bonchev–Trinajstić information content (AvgIpc) is 2.66. The predicted octanol–water partition coefficient (Wildman–Crippen LogP) is 3.52. The minimum atomic E-state index is 0.0316. The van der Waals surface area contributed by atoms with Crippen LogP contribution in [-0.2, 0) is 0 Å². The summed E-state index contributed by atoms with van der Waals surface area (Å²) in [4.78, 5) is 17.1. The second-order valence-electron chi connectivity index (χ2n) is 6.16. The van der Waals surface area contributed by atoms with Crippen molar-refractivity contribution in [2.75, 3.05) is 37.7 Å². The monoisotopic (exact) mass is 336 g/mol. The Morgan fingerprint density at radius 2 is 1.76 bits per heavy atom. The van der Waals surface area contributed by atoms with E-state index in [0.717, 1.165) is 13.1 Å². The van der Waals surface area contributed by atoms with Crippen molar-refractivity contribution in [3.63, 3.8) is 0 Å². The third kappa shape index (κ3) is 3.85. The van der Waals surface area contributed by atoms with E-state index in [1.807, 2.05) is 29.2 Å². The van der Waals surface area contributed by atoms with Crippen molar-refractivity contribution < 1.29 is 9.53 Å². The van der Waals surface area contributed by atoms with Gasteiger partial charge in [-0.05, 0) is 30.7 Å². The zero-order valence-electron chi connectivity index (χ0n) is 14.6. The molecule has 0 aliphatic carbocycles. The second-order valence-corrected chi connectivity index (χ2v) is 6.16. The zero-order valence-corrected chi connectivity index (χ0v) is 14.6. The molecule has 1 aliphatic heterocycles. The molecule has 130 valence electrons. The molecule has 0 radical (unpaired) electrons. The number of carbonyl (C=O) groups is 1. The number of aryl methyl sites for hydroxylation is 1. The van der Waals surface area contributed by atoms with Crippen molar-refractivity contribution >= 4 is 11.6 Å². The Labute approximate surface area is 149 Å². The first-order chi connectivity index (χ1) is 12.2. The van der Waals surface area contributed by atoms with Crippen LogP contribution >= 0.6 is 0 Å². The lowest BCUT2D eigenvalue weighted by Crippen LogP contribution is -2.49. The van der Waals surface area contributed by atoms with Gasteiger partial charge in [-0.25, -0.2) is 0 Å². The third-order valence-electron chi connectivity index (χ3n) is 4.50. The molecule has 4 nitrogen and oxygen atoms in total. The molecular weight excluding hydrogens is 312 g/mol. The molecule has 0 unspecified atom stereocenters. The number of rotatable bonds is 5. The molecule has 1 saturated heterocycles. The maximum atomic E-state index is 12.9. The first-order valence-corrected chi connectivity index (χ1v) is 8.63. The van der Waals surface area contributed by atoms with Crippen LogP contribution in [0, 0.1) is 6.92 Å². The summed E-state index contributed by atoms with van der Waals surface area (Å²) in [6, 6.07) is 15.8. The molecule has 1 aliphatic rings. The minimum Gasteiger partial charge on any atom is -0.489 e. The van der Waals surface area contributed by atoms with Crippen molar-refractivity contribution in [1.82, 2.24) is 4.90 Å². The van der Waals surface area contributed by atoms with Crippen LogP contribution in [-0.4, -0.2) is 43.6 Å². The number of anilines is 1. The molecule has 0 spiro atoms. The number of piperazine rings is 1. The van der Waals surface area contributed by atoms with Crippen LogP contribution in [0.15, 0.2) is 61.2 Å². The van der Waals surface area contributed by atoms with E-state index >= 15 is 0 Å². The Hall–Kier alpha value is -2.75. The normalized spacial score (nSPS) is 14.3. The maximum absolute atomic E-state index is 12.9. The highest BCUT2D eigenvalue weighted by molar-refractivity contribution is 5.97. The van der Waals surface area contributed by atoms with Crippen molar-refractivity contribution in [3.8, 4) is 5.75 Å². The van der Waals surface area contributed by atoms with E-state index in [4.69, 9.17) is 4.74 Å². The highest BCUT2D eigenvalue weighted by atomic mass is 16.5. The first-order valence-electron chi connectivity index (χ1n) is 8.63. The average molecular weight is 336 g/mol. The van der Waals surface area contributed by atoms with Crippen LogP contribution in [0.2, 0.25) is 0 Å². The Morgan fingerprint density at radius 1 is 1.08 bits per heavy atom. The minimum absolute atomic E-state index is 0.0316. The molecule has 2 aromatic carbocycles. The fraction of sp³-hybridized carbons (Fsp3) is 0.286. The van der Waals surface area contributed by atoms with E-state index in [1.54, 1.807) is 6.08 Å². The van der Waals surface area contributed by atoms with E-state index in [0.29, 0.717) is 31.0 Å². The summed E-state index contributed by atoms with van der Waals surface area (Å²) in [6.07, 6.45) is 1.68. The third-order valence-corrected chi connectivity index (χ3v) is 4.50. The van der Waals surface area contributed by atoms with Crippen molar-refractivity contribution in [3.05, 3.63) is 72.3 Å². The largest absolute Gasteiger partial charge is 0.489 e. The van der Waals surface area contributed by atoms with Gasteiger partial charge in [0.15, 0.2) is 0 Å². The number of hydrogen-bond donors (Lipinski definition) is 0. The van der Waals surface area contributed by atoms with E-state index in [9.17, 15) is 4.79 Å². The number of carbonyl (C=O) groups excluding carboxylic acids is 1. The van der Waals surface area contributed by atoms with Crippen LogP contribution in [0.5, 0.6) is 5.75 Å². The van der Waals surface area contributed by atoms with Gasteiger partial charge in [0.2, 0.25) is 0 Å². The second kappa shape index (κ2) is 7.88. The lowest BCUT2D eigenvalue weighted by atomic mass is 10.1. The van der Waals surface area contributed by atoms with E-state index in [1.165, 1.54) is 11.3 Å². The number of amides is 1. The van der Waals surface area contributed by atoms with Gasteiger partial charge in [-0.2, -0.15) is 0 Å². The van der Waals surface area contributed by atoms with Crippen molar-refractivity contribution in [2.45, 2.75) is 6.92 Å². The highest BCUT2D eigenvalue weighted by Crippen LogP contribution is 2.23.